The molecule has 0 radical (unpaired) electrons. The molecule has 0 fully saturated rings. The summed E-state index contributed by atoms with van der Waals surface area (Å²) < 4.78 is 13.1. The number of para-hydroxylation sites is 2. The van der Waals surface area contributed by atoms with E-state index >= 15 is 0 Å². The summed E-state index contributed by atoms with van der Waals surface area (Å²) in [5.74, 6) is 1.74. The van der Waals surface area contributed by atoms with Crippen molar-refractivity contribution in [3.8, 4) is 44.9 Å². The Bertz CT molecular complexity index is 2660. The Morgan fingerprint density at radius 1 is 0.304 bits per heavy atom. The van der Waals surface area contributed by atoms with Gasteiger partial charge in [0.2, 0.25) is 0 Å². The zero-order chi connectivity index (χ0) is 30.2. The van der Waals surface area contributed by atoms with Crippen LogP contribution >= 0.6 is 0 Å². The van der Waals surface area contributed by atoms with Crippen molar-refractivity contribution in [2.45, 2.75) is 0 Å². The Morgan fingerprint density at radius 3 is 1.35 bits per heavy atom. The lowest BCUT2D eigenvalue weighted by molar-refractivity contribution is 0.632. The molecule has 2 heteroatoms. The van der Waals surface area contributed by atoms with E-state index in [2.05, 4.69) is 133 Å². The van der Waals surface area contributed by atoms with E-state index in [1.165, 1.54) is 54.6 Å². The molecule has 0 aliphatic rings. The first kappa shape index (κ1) is 25.2. The third kappa shape index (κ3) is 3.71. The van der Waals surface area contributed by atoms with Gasteiger partial charge < -0.3 is 8.83 Å². The molecule has 0 saturated heterocycles. The third-order valence-corrected chi connectivity index (χ3v) is 9.45. The van der Waals surface area contributed by atoms with Crippen molar-refractivity contribution in [2.24, 2.45) is 0 Å². The van der Waals surface area contributed by atoms with E-state index in [0.29, 0.717) is 0 Å². The fourth-order valence-electron chi connectivity index (χ4n) is 7.34. The molecule has 0 amide bonds. The van der Waals surface area contributed by atoms with Crippen LogP contribution in [0, 0.1) is 0 Å². The number of benzene rings is 8. The molecule has 0 aliphatic carbocycles. The Balaban J connectivity index is 1.39. The molecule has 0 aliphatic heterocycles. The second-order valence-electron chi connectivity index (χ2n) is 12.0. The lowest BCUT2D eigenvalue weighted by atomic mass is 9.83. The molecule has 0 unspecified atom stereocenters. The molecule has 8 aromatic carbocycles. The lowest BCUT2D eigenvalue weighted by Crippen LogP contribution is -1.94. The Labute approximate surface area is 265 Å². The largest absolute Gasteiger partial charge is 0.456 e. The number of hydrogen-bond donors (Lipinski definition) is 0. The third-order valence-electron chi connectivity index (χ3n) is 9.45. The second kappa shape index (κ2) is 9.69. The molecule has 0 bridgehead atoms. The minimum absolute atomic E-state index is 0.868. The van der Waals surface area contributed by atoms with Gasteiger partial charge in [-0.05, 0) is 97.0 Å². The van der Waals surface area contributed by atoms with Crippen LogP contribution in [0.25, 0.3) is 99.2 Å². The first-order valence-electron chi connectivity index (χ1n) is 15.7. The lowest BCUT2D eigenvalue weighted by Gasteiger charge is -2.20. The molecular weight excluding hydrogens is 560 g/mol. The van der Waals surface area contributed by atoms with Gasteiger partial charge in [-0.25, -0.2) is 0 Å². The van der Waals surface area contributed by atoms with Crippen LogP contribution in [0.4, 0.5) is 0 Å². The van der Waals surface area contributed by atoms with Gasteiger partial charge >= 0.3 is 0 Å². The normalized spacial score (nSPS) is 11.9. The second-order valence-corrected chi connectivity index (χ2v) is 12.0. The highest BCUT2D eigenvalue weighted by atomic mass is 16.3. The maximum atomic E-state index is 6.59. The van der Waals surface area contributed by atoms with Gasteiger partial charge in [0.05, 0.1) is 0 Å². The van der Waals surface area contributed by atoms with Gasteiger partial charge in [-0.3, -0.25) is 0 Å². The molecule has 46 heavy (non-hydrogen) atoms. The van der Waals surface area contributed by atoms with E-state index in [1.54, 1.807) is 0 Å². The van der Waals surface area contributed by atoms with Crippen molar-refractivity contribution in [1.29, 1.82) is 0 Å². The van der Waals surface area contributed by atoms with Crippen LogP contribution in [-0.2, 0) is 0 Å². The van der Waals surface area contributed by atoms with E-state index in [9.17, 15) is 0 Å². The number of furan rings is 2. The fourth-order valence-corrected chi connectivity index (χ4v) is 7.34. The van der Waals surface area contributed by atoms with Gasteiger partial charge in [0.1, 0.15) is 22.7 Å². The van der Waals surface area contributed by atoms with Crippen LogP contribution in [-0.4, -0.2) is 0 Å². The number of rotatable bonds is 4. The van der Waals surface area contributed by atoms with Crippen LogP contribution in [0.15, 0.2) is 167 Å². The van der Waals surface area contributed by atoms with Crippen molar-refractivity contribution < 1.29 is 8.83 Å². The van der Waals surface area contributed by atoms with Crippen molar-refractivity contribution in [3.05, 3.63) is 158 Å². The Hall–Kier alpha value is -6.12. The average molecular weight is 587 g/mol. The van der Waals surface area contributed by atoms with Crippen molar-refractivity contribution in [2.75, 3.05) is 0 Å². The quantitative estimate of drug-likeness (QED) is 0.192. The summed E-state index contributed by atoms with van der Waals surface area (Å²) in [5, 5.41) is 9.47. The maximum Gasteiger partial charge on any atom is 0.136 e. The Kier molecular flexibility index (Phi) is 5.31. The minimum Gasteiger partial charge on any atom is -0.456 e. The van der Waals surface area contributed by atoms with E-state index in [0.717, 1.165) is 44.6 Å². The van der Waals surface area contributed by atoms with Crippen LogP contribution < -0.4 is 0 Å². The summed E-state index contributed by atoms with van der Waals surface area (Å²) in [6, 6.07) is 56.0. The van der Waals surface area contributed by atoms with Gasteiger partial charge in [0.15, 0.2) is 0 Å². The van der Waals surface area contributed by atoms with E-state index in [4.69, 9.17) is 8.83 Å². The number of fused-ring (bicyclic) bond motifs is 2. The molecule has 10 rings (SSSR count). The standard InChI is InChI=1S/C44H26O2/c1-3-11-27(12-4-1)35-25-37(42-24-30-16-8-10-18-40(30)46-42)38-26-36(28-13-5-2-6-14-28)33-20-19-31(32-21-22-34(35)44(38)43(32)33)41-23-29-15-7-9-17-39(29)45-41/h1-26H. The summed E-state index contributed by atoms with van der Waals surface area (Å²) in [7, 11) is 0. The highest BCUT2D eigenvalue weighted by Gasteiger charge is 2.23. The molecule has 214 valence electrons. The van der Waals surface area contributed by atoms with Crippen molar-refractivity contribution in [3.63, 3.8) is 0 Å². The molecule has 0 spiro atoms. The van der Waals surface area contributed by atoms with E-state index in [-0.39, 0.29) is 0 Å². The molecule has 0 N–H and O–H groups in total. The molecule has 0 saturated carbocycles. The van der Waals surface area contributed by atoms with Crippen LogP contribution in [0.5, 0.6) is 0 Å². The highest BCUT2D eigenvalue weighted by Crippen LogP contribution is 2.49. The zero-order valence-electron chi connectivity index (χ0n) is 24.8. The van der Waals surface area contributed by atoms with E-state index < -0.39 is 0 Å². The predicted molar refractivity (Wildman–Crippen MR) is 191 cm³/mol. The molecular formula is C44H26O2. The van der Waals surface area contributed by atoms with Crippen molar-refractivity contribution >= 4 is 54.3 Å². The highest BCUT2D eigenvalue weighted by molar-refractivity contribution is 6.32. The Morgan fingerprint density at radius 2 is 0.761 bits per heavy atom. The zero-order valence-corrected chi connectivity index (χ0v) is 24.8. The molecule has 2 aromatic heterocycles. The van der Waals surface area contributed by atoms with Gasteiger partial charge in [-0.2, -0.15) is 0 Å². The number of hydrogen-bond acceptors (Lipinski definition) is 2. The maximum absolute atomic E-state index is 6.59. The summed E-state index contributed by atoms with van der Waals surface area (Å²) in [6.45, 7) is 0. The molecule has 10 aromatic rings. The van der Waals surface area contributed by atoms with Gasteiger partial charge in [-0.1, -0.05) is 115 Å². The first-order chi connectivity index (χ1) is 22.8. The van der Waals surface area contributed by atoms with Crippen molar-refractivity contribution in [1.82, 2.24) is 0 Å². The minimum atomic E-state index is 0.868. The monoisotopic (exact) mass is 586 g/mol. The van der Waals surface area contributed by atoms with E-state index in [1.807, 2.05) is 24.3 Å². The SMILES string of the molecule is c1ccc(-c2cc3c(-c4cc5ccccc5o4)cc(-c4ccccc4)c4ccc5c(-c6cc7ccccc7o6)ccc2c5c43)cc1. The summed E-state index contributed by atoms with van der Waals surface area (Å²) in [6.07, 6.45) is 0. The average Bonchev–Trinajstić information content (AvgIpc) is 3.75. The summed E-state index contributed by atoms with van der Waals surface area (Å²) in [4.78, 5) is 0. The van der Waals surface area contributed by atoms with Crippen LogP contribution in [0.3, 0.4) is 0 Å². The predicted octanol–water partition coefficient (Wildman–Crippen LogP) is 12.7. The van der Waals surface area contributed by atoms with Crippen LogP contribution in [0.2, 0.25) is 0 Å². The van der Waals surface area contributed by atoms with Gasteiger partial charge in [-0.15, -0.1) is 0 Å². The molecule has 2 nitrogen and oxygen atoms in total. The first-order valence-corrected chi connectivity index (χ1v) is 15.7. The topological polar surface area (TPSA) is 26.3 Å². The fraction of sp³-hybridized carbons (Fsp3) is 0. The summed E-state index contributed by atoms with van der Waals surface area (Å²) in [5.41, 5.74) is 8.71. The molecule has 2 heterocycles. The summed E-state index contributed by atoms with van der Waals surface area (Å²) >= 11 is 0. The van der Waals surface area contributed by atoms with Gasteiger partial charge in [0, 0.05) is 21.9 Å². The van der Waals surface area contributed by atoms with Crippen LogP contribution in [0.1, 0.15) is 0 Å². The molecule has 0 atom stereocenters. The van der Waals surface area contributed by atoms with Gasteiger partial charge in [0.25, 0.3) is 0 Å². The smallest absolute Gasteiger partial charge is 0.136 e.